The first-order chi connectivity index (χ1) is 5.70. The molecule has 0 amide bonds. The molecular weight excluding hydrogens is 154 g/mol. The van der Waals surface area contributed by atoms with Gasteiger partial charge in [0.25, 0.3) is 0 Å². The Kier molecular flexibility index (Phi) is 1.43. The van der Waals surface area contributed by atoms with E-state index in [9.17, 15) is 4.79 Å². The van der Waals surface area contributed by atoms with Crippen LogP contribution in [0.15, 0.2) is 4.79 Å². The molecule has 0 bridgehead atoms. The molecule has 0 aliphatic heterocycles. The molecular formula is C8H11N3O. The summed E-state index contributed by atoms with van der Waals surface area (Å²) >= 11 is 0. The largest absolute Gasteiger partial charge is 0.383 e. The lowest BCUT2D eigenvalue weighted by Crippen LogP contribution is -2.24. The molecule has 2 rings (SSSR count). The molecule has 1 heterocycles. The van der Waals surface area contributed by atoms with Crippen LogP contribution in [0, 0.1) is 0 Å². The number of rotatable bonds is 0. The van der Waals surface area contributed by atoms with E-state index < -0.39 is 0 Å². The second kappa shape index (κ2) is 2.33. The van der Waals surface area contributed by atoms with Gasteiger partial charge in [0.2, 0.25) is 0 Å². The third kappa shape index (κ3) is 0.841. The maximum Gasteiger partial charge on any atom is 0.349 e. The summed E-state index contributed by atoms with van der Waals surface area (Å²) in [6, 6.07) is 0. The van der Waals surface area contributed by atoms with Crippen LogP contribution >= 0.6 is 0 Å². The van der Waals surface area contributed by atoms with Crippen LogP contribution in [0.25, 0.3) is 0 Å². The van der Waals surface area contributed by atoms with Gasteiger partial charge in [-0.15, -0.1) is 0 Å². The molecule has 12 heavy (non-hydrogen) atoms. The Hall–Kier alpha value is -1.32. The number of aromatic nitrogens is 2. The van der Waals surface area contributed by atoms with Crippen molar-refractivity contribution < 1.29 is 0 Å². The summed E-state index contributed by atoms with van der Waals surface area (Å²) < 4.78 is 1.60. The van der Waals surface area contributed by atoms with Crippen molar-refractivity contribution in [1.82, 2.24) is 9.55 Å². The molecule has 0 fully saturated rings. The molecule has 64 valence electrons. The van der Waals surface area contributed by atoms with Crippen LogP contribution in [0.5, 0.6) is 0 Å². The second-order valence-corrected chi connectivity index (χ2v) is 3.12. The molecule has 0 spiro atoms. The van der Waals surface area contributed by atoms with Crippen LogP contribution < -0.4 is 11.4 Å². The molecule has 0 saturated heterocycles. The predicted octanol–water partition coefficient (Wildman–Crippen LogP) is -0.149. The van der Waals surface area contributed by atoms with Gasteiger partial charge in [0.05, 0.1) is 0 Å². The van der Waals surface area contributed by atoms with E-state index in [1.807, 2.05) is 0 Å². The van der Waals surface area contributed by atoms with E-state index in [0.29, 0.717) is 5.82 Å². The highest BCUT2D eigenvalue weighted by atomic mass is 16.1. The first kappa shape index (κ1) is 7.34. The summed E-state index contributed by atoms with van der Waals surface area (Å²) in [5, 5.41) is 0. The molecule has 2 N–H and O–H groups in total. The number of fused-ring (bicyclic) bond motifs is 1. The number of nitrogens with two attached hydrogens (primary N) is 1. The van der Waals surface area contributed by atoms with E-state index in [0.717, 1.165) is 30.5 Å². The van der Waals surface area contributed by atoms with Crippen molar-refractivity contribution in [2.75, 3.05) is 5.73 Å². The summed E-state index contributed by atoms with van der Waals surface area (Å²) in [7, 11) is 1.75. The van der Waals surface area contributed by atoms with Gasteiger partial charge in [-0.1, -0.05) is 0 Å². The van der Waals surface area contributed by atoms with Gasteiger partial charge in [0.15, 0.2) is 0 Å². The summed E-state index contributed by atoms with van der Waals surface area (Å²) in [6.45, 7) is 0. The quantitative estimate of drug-likeness (QED) is 0.581. The molecule has 0 saturated carbocycles. The van der Waals surface area contributed by atoms with Gasteiger partial charge in [0, 0.05) is 18.3 Å². The summed E-state index contributed by atoms with van der Waals surface area (Å²) in [6.07, 6.45) is 2.99. The monoisotopic (exact) mass is 165 g/mol. The molecule has 1 aromatic rings. The molecule has 1 aromatic heterocycles. The highest BCUT2D eigenvalue weighted by molar-refractivity contribution is 5.44. The summed E-state index contributed by atoms with van der Waals surface area (Å²) in [5.74, 6) is 0.422. The second-order valence-electron chi connectivity index (χ2n) is 3.12. The fourth-order valence-corrected chi connectivity index (χ4v) is 1.73. The van der Waals surface area contributed by atoms with Gasteiger partial charge in [0.1, 0.15) is 5.82 Å². The molecule has 0 unspecified atom stereocenters. The van der Waals surface area contributed by atoms with E-state index in [4.69, 9.17) is 5.73 Å². The fraction of sp³-hybridized carbons (Fsp3) is 0.500. The van der Waals surface area contributed by atoms with Crippen molar-refractivity contribution in [3.05, 3.63) is 21.7 Å². The predicted molar refractivity (Wildman–Crippen MR) is 45.9 cm³/mol. The smallest absolute Gasteiger partial charge is 0.349 e. The lowest BCUT2D eigenvalue weighted by atomic mass is 10.2. The maximum absolute atomic E-state index is 11.2. The average Bonchev–Trinajstić information content (AvgIpc) is 2.48. The number of anilines is 1. The van der Waals surface area contributed by atoms with Gasteiger partial charge in [-0.3, -0.25) is 4.57 Å². The normalized spacial score (nSPS) is 14.8. The first-order valence-corrected chi connectivity index (χ1v) is 4.04. The van der Waals surface area contributed by atoms with Gasteiger partial charge in [-0.05, 0) is 19.3 Å². The van der Waals surface area contributed by atoms with E-state index in [1.165, 1.54) is 0 Å². The minimum absolute atomic E-state index is 0.242. The van der Waals surface area contributed by atoms with Crippen molar-refractivity contribution in [2.24, 2.45) is 7.05 Å². The molecule has 1 aliphatic carbocycles. The molecule has 0 atom stereocenters. The van der Waals surface area contributed by atoms with Crippen molar-refractivity contribution in [3.8, 4) is 0 Å². The van der Waals surface area contributed by atoms with E-state index >= 15 is 0 Å². The SMILES string of the molecule is Cn1c2c(c(N)nc1=O)CCC2. The third-order valence-corrected chi connectivity index (χ3v) is 2.41. The number of hydrogen-bond donors (Lipinski definition) is 1. The standard InChI is InChI=1S/C8H11N3O/c1-11-6-4-2-3-5(6)7(9)10-8(11)12/h2-4H2,1H3,(H2,9,10,12). The zero-order valence-electron chi connectivity index (χ0n) is 7.00. The van der Waals surface area contributed by atoms with Gasteiger partial charge < -0.3 is 5.73 Å². The van der Waals surface area contributed by atoms with E-state index in [2.05, 4.69) is 4.98 Å². The van der Waals surface area contributed by atoms with Gasteiger partial charge in [-0.2, -0.15) is 4.98 Å². The minimum Gasteiger partial charge on any atom is -0.383 e. The summed E-state index contributed by atoms with van der Waals surface area (Å²) in [4.78, 5) is 14.9. The zero-order chi connectivity index (χ0) is 8.72. The van der Waals surface area contributed by atoms with Crippen molar-refractivity contribution in [3.63, 3.8) is 0 Å². The lowest BCUT2D eigenvalue weighted by Gasteiger charge is -2.06. The Morgan fingerprint density at radius 2 is 2.25 bits per heavy atom. The number of nitrogens with zero attached hydrogens (tertiary/aromatic N) is 2. The zero-order valence-corrected chi connectivity index (χ0v) is 7.00. The molecule has 0 aromatic carbocycles. The van der Waals surface area contributed by atoms with Gasteiger partial charge in [-0.25, -0.2) is 4.79 Å². The van der Waals surface area contributed by atoms with Crippen LogP contribution in [-0.2, 0) is 19.9 Å². The first-order valence-electron chi connectivity index (χ1n) is 4.04. The Morgan fingerprint density at radius 1 is 1.50 bits per heavy atom. The van der Waals surface area contributed by atoms with Crippen molar-refractivity contribution >= 4 is 5.82 Å². The molecule has 4 nitrogen and oxygen atoms in total. The highest BCUT2D eigenvalue weighted by Gasteiger charge is 2.17. The summed E-state index contributed by atoms with van der Waals surface area (Å²) in [5.41, 5.74) is 7.50. The highest BCUT2D eigenvalue weighted by Crippen LogP contribution is 2.22. The van der Waals surface area contributed by atoms with Crippen LogP contribution in [0.4, 0.5) is 5.82 Å². The van der Waals surface area contributed by atoms with Crippen molar-refractivity contribution in [2.45, 2.75) is 19.3 Å². The Morgan fingerprint density at radius 3 is 3.00 bits per heavy atom. The molecule has 1 aliphatic rings. The molecule has 4 heteroatoms. The third-order valence-electron chi connectivity index (χ3n) is 2.41. The maximum atomic E-state index is 11.2. The molecule has 0 radical (unpaired) electrons. The lowest BCUT2D eigenvalue weighted by molar-refractivity contribution is 0.750. The van der Waals surface area contributed by atoms with E-state index in [-0.39, 0.29) is 5.69 Å². The van der Waals surface area contributed by atoms with Crippen LogP contribution in [-0.4, -0.2) is 9.55 Å². The number of nitrogen functional groups attached to an aromatic ring is 1. The number of hydrogen-bond acceptors (Lipinski definition) is 3. The topological polar surface area (TPSA) is 60.9 Å². The minimum atomic E-state index is -0.242. The van der Waals surface area contributed by atoms with Crippen LogP contribution in [0.1, 0.15) is 17.7 Å². The van der Waals surface area contributed by atoms with E-state index in [1.54, 1.807) is 11.6 Å². The van der Waals surface area contributed by atoms with Crippen molar-refractivity contribution in [1.29, 1.82) is 0 Å². The Balaban J connectivity index is 2.78. The Labute approximate surface area is 70.0 Å². The van der Waals surface area contributed by atoms with Gasteiger partial charge >= 0.3 is 5.69 Å². The fourth-order valence-electron chi connectivity index (χ4n) is 1.73. The van der Waals surface area contributed by atoms with Crippen LogP contribution in [0.3, 0.4) is 0 Å². The van der Waals surface area contributed by atoms with Crippen LogP contribution in [0.2, 0.25) is 0 Å². The average molecular weight is 165 g/mol. The Bertz CT molecular complexity index is 381.